The second kappa shape index (κ2) is 5.02. The molecule has 3 rings (SSSR count). The molecule has 2 nitrogen and oxygen atoms in total. The molecule has 0 saturated carbocycles. The Morgan fingerprint density at radius 2 is 1.58 bits per heavy atom. The van der Waals surface area contributed by atoms with Crippen molar-refractivity contribution in [1.29, 1.82) is 0 Å². The van der Waals surface area contributed by atoms with Gasteiger partial charge in [-0.05, 0) is 17.2 Å². The average Bonchev–Trinajstić information content (AvgIpc) is 2.47. The minimum Gasteiger partial charge on any atom is -0.288 e. The second-order valence-electron chi connectivity index (χ2n) is 4.44. The van der Waals surface area contributed by atoms with E-state index in [1.54, 1.807) is 6.08 Å². The van der Waals surface area contributed by atoms with E-state index in [0.29, 0.717) is 12.3 Å². The average molecular weight is 247 g/mol. The Kier molecular flexibility index (Phi) is 3.07. The van der Waals surface area contributed by atoms with E-state index < -0.39 is 0 Å². The predicted octanol–water partition coefficient (Wildman–Crippen LogP) is 3.27. The van der Waals surface area contributed by atoms with Crippen LogP contribution in [0.15, 0.2) is 65.7 Å². The van der Waals surface area contributed by atoms with E-state index >= 15 is 0 Å². The van der Waals surface area contributed by atoms with Crippen molar-refractivity contribution in [3.05, 3.63) is 77.4 Å². The zero-order valence-corrected chi connectivity index (χ0v) is 10.4. The van der Waals surface area contributed by atoms with Crippen LogP contribution in [0.3, 0.4) is 0 Å². The van der Waals surface area contributed by atoms with Crippen LogP contribution in [0.1, 0.15) is 16.7 Å². The van der Waals surface area contributed by atoms with Crippen LogP contribution in [-0.2, 0) is 11.3 Å². The molecule has 0 atom stereocenters. The van der Waals surface area contributed by atoms with Crippen LogP contribution in [0.4, 0.5) is 0 Å². The fraction of sp³-hybridized carbons (Fsp3) is 0.0588. The highest BCUT2D eigenvalue weighted by molar-refractivity contribution is 6.52. The molecule has 2 aromatic rings. The van der Waals surface area contributed by atoms with Gasteiger partial charge in [0.25, 0.3) is 0 Å². The second-order valence-corrected chi connectivity index (χ2v) is 4.44. The summed E-state index contributed by atoms with van der Waals surface area (Å²) in [6, 6.07) is 17.8. The van der Waals surface area contributed by atoms with Crippen molar-refractivity contribution in [2.24, 2.45) is 4.99 Å². The van der Waals surface area contributed by atoms with E-state index in [9.17, 15) is 4.79 Å². The molecule has 2 heteroatoms. The Balaban J connectivity index is 1.96. The first-order valence-corrected chi connectivity index (χ1v) is 6.25. The fourth-order valence-electron chi connectivity index (χ4n) is 2.15. The Morgan fingerprint density at radius 3 is 2.42 bits per heavy atom. The van der Waals surface area contributed by atoms with Gasteiger partial charge in [-0.3, -0.25) is 9.79 Å². The van der Waals surface area contributed by atoms with Crippen molar-refractivity contribution in [2.45, 2.75) is 6.54 Å². The zero-order valence-electron chi connectivity index (χ0n) is 10.4. The SMILES string of the molecule is O=C1C=Cc2ccccc2C1=NCc1ccccc1. The van der Waals surface area contributed by atoms with Gasteiger partial charge in [0, 0.05) is 5.56 Å². The van der Waals surface area contributed by atoms with Crippen molar-refractivity contribution in [3.8, 4) is 0 Å². The first-order valence-electron chi connectivity index (χ1n) is 6.25. The van der Waals surface area contributed by atoms with Crippen LogP contribution in [0.2, 0.25) is 0 Å². The third-order valence-electron chi connectivity index (χ3n) is 3.13. The lowest BCUT2D eigenvalue weighted by molar-refractivity contribution is -0.108. The molecule has 0 fully saturated rings. The van der Waals surface area contributed by atoms with Crippen LogP contribution in [0, 0.1) is 0 Å². The molecule has 1 aliphatic rings. The Hall–Kier alpha value is -2.48. The third kappa shape index (κ3) is 2.38. The van der Waals surface area contributed by atoms with Crippen molar-refractivity contribution >= 4 is 17.6 Å². The third-order valence-corrected chi connectivity index (χ3v) is 3.13. The first kappa shape index (κ1) is 11.6. The van der Waals surface area contributed by atoms with E-state index in [0.717, 1.165) is 16.7 Å². The number of carbonyl (C=O) groups excluding carboxylic acids is 1. The lowest BCUT2D eigenvalue weighted by Gasteiger charge is -2.11. The van der Waals surface area contributed by atoms with E-state index in [4.69, 9.17) is 0 Å². The number of aliphatic imine (C=N–C) groups is 1. The summed E-state index contributed by atoms with van der Waals surface area (Å²) in [7, 11) is 0. The number of allylic oxidation sites excluding steroid dienone is 1. The van der Waals surface area contributed by atoms with Gasteiger partial charge in [-0.15, -0.1) is 0 Å². The summed E-state index contributed by atoms with van der Waals surface area (Å²) in [5.41, 5.74) is 3.64. The Labute approximate surface area is 112 Å². The summed E-state index contributed by atoms with van der Waals surface area (Å²) in [5.74, 6) is -0.0189. The number of ketones is 1. The van der Waals surface area contributed by atoms with Crippen LogP contribution in [0.5, 0.6) is 0 Å². The van der Waals surface area contributed by atoms with Crippen molar-refractivity contribution < 1.29 is 4.79 Å². The highest BCUT2D eigenvalue weighted by atomic mass is 16.1. The van der Waals surface area contributed by atoms with Crippen LogP contribution in [0.25, 0.3) is 6.08 Å². The minimum absolute atomic E-state index is 0.0189. The summed E-state index contributed by atoms with van der Waals surface area (Å²) in [6.45, 7) is 0.532. The predicted molar refractivity (Wildman–Crippen MR) is 77.2 cm³/mol. The van der Waals surface area contributed by atoms with Gasteiger partial charge in [0.2, 0.25) is 5.78 Å². The highest BCUT2D eigenvalue weighted by Crippen LogP contribution is 2.18. The lowest BCUT2D eigenvalue weighted by atomic mass is 9.94. The molecule has 2 aromatic carbocycles. The molecule has 0 heterocycles. The summed E-state index contributed by atoms with van der Waals surface area (Å²) < 4.78 is 0. The van der Waals surface area contributed by atoms with Gasteiger partial charge >= 0.3 is 0 Å². The highest BCUT2D eigenvalue weighted by Gasteiger charge is 2.17. The molecule has 0 spiro atoms. The minimum atomic E-state index is -0.0189. The van der Waals surface area contributed by atoms with Gasteiger partial charge in [-0.25, -0.2) is 0 Å². The smallest absolute Gasteiger partial charge is 0.204 e. The summed E-state index contributed by atoms with van der Waals surface area (Å²) in [6.07, 6.45) is 3.44. The number of rotatable bonds is 2. The van der Waals surface area contributed by atoms with E-state index in [1.165, 1.54) is 0 Å². The lowest BCUT2D eigenvalue weighted by Crippen LogP contribution is -2.17. The first-order chi connectivity index (χ1) is 9.34. The fourth-order valence-corrected chi connectivity index (χ4v) is 2.15. The topological polar surface area (TPSA) is 29.4 Å². The van der Waals surface area contributed by atoms with Crippen LogP contribution < -0.4 is 0 Å². The van der Waals surface area contributed by atoms with E-state index in [-0.39, 0.29) is 5.78 Å². The Bertz CT molecular complexity index is 669. The van der Waals surface area contributed by atoms with Crippen LogP contribution >= 0.6 is 0 Å². The normalized spacial score (nSPS) is 15.6. The number of nitrogens with zero attached hydrogens (tertiary/aromatic N) is 1. The number of benzene rings is 2. The quantitative estimate of drug-likeness (QED) is 0.800. The molecule has 0 bridgehead atoms. The molecule has 0 unspecified atom stereocenters. The summed E-state index contributed by atoms with van der Waals surface area (Å²) in [5, 5.41) is 0. The van der Waals surface area contributed by atoms with Crippen molar-refractivity contribution in [3.63, 3.8) is 0 Å². The molecule has 0 saturated heterocycles. The number of carbonyl (C=O) groups is 1. The molecule has 0 radical (unpaired) electrons. The van der Waals surface area contributed by atoms with E-state index in [1.807, 2.05) is 60.7 Å². The molecular weight excluding hydrogens is 234 g/mol. The standard InChI is InChI=1S/C17H13NO/c19-16-11-10-14-8-4-5-9-15(14)17(16)18-12-13-6-2-1-3-7-13/h1-11H,12H2. The van der Waals surface area contributed by atoms with Gasteiger partial charge in [-0.1, -0.05) is 60.7 Å². The molecule has 1 aliphatic carbocycles. The Morgan fingerprint density at radius 1 is 0.842 bits per heavy atom. The largest absolute Gasteiger partial charge is 0.288 e. The molecule has 0 aromatic heterocycles. The van der Waals surface area contributed by atoms with Gasteiger partial charge in [-0.2, -0.15) is 0 Å². The van der Waals surface area contributed by atoms with Gasteiger partial charge < -0.3 is 0 Å². The maximum atomic E-state index is 12.0. The van der Waals surface area contributed by atoms with Crippen molar-refractivity contribution in [2.75, 3.05) is 0 Å². The number of hydrogen-bond acceptors (Lipinski definition) is 2. The van der Waals surface area contributed by atoms with Crippen molar-refractivity contribution in [1.82, 2.24) is 0 Å². The monoisotopic (exact) mass is 247 g/mol. The molecule has 0 aliphatic heterocycles. The maximum absolute atomic E-state index is 12.0. The molecule has 19 heavy (non-hydrogen) atoms. The molecule has 0 amide bonds. The number of hydrogen-bond donors (Lipinski definition) is 0. The summed E-state index contributed by atoms with van der Waals surface area (Å²) in [4.78, 5) is 16.5. The maximum Gasteiger partial charge on any atom is 0.204 e. The molecule has 92 valence electrons. The summed E-state index contributed by atoms with van der Waals surface area (Å²) >= 11 is 0. The van der Waals surface area contributed by atoms with Gasteiger partial charge in [0.1, 0.15) is 5.71 Å². The zero-order chi connectivity index (χ0) is 13.1. The van der Waals surface area contributed by atoms with E-state index in [2.05, 4.69) is 4.99 Å². The molecular formula is C17H13NO. The molecule has 0 N–H and O–H groups in total. The van der Waals surface area contributed by atoms with Gasteiger partial charge in [0.05, 0.1) is 6.54 Å². The van der Waals surface area contributed by atoms with Gasteiger partial charge in [0.15, 0.2) is 0 Å². The van der Waals surface area contributed by atoms with Crippen LogP contribution in [-0.4, -0.2) is 11.5 Å². The number of fused-ring (bicyclic) bond motifs is 1.